The lowest BCUT2D eigenvalue weighted by Crippen LogP contribution is -2.38. The first-order valence-corrected chi connectivity index (χ1v) is 10.7. The summed E-state index contributed by atoms with van der Waals surface area (Å²) >= 11 is 0. The van der Waals surface area contributed by atoms with E-state index in [4.69, 9.17) is 14.2 Å². The zero-order chi connectivity index (χ0) is 22.0. The van der Waals surface area contributed by atoms with E-state index in [1.165, 1.54) is 4.90 Å². The van der Waals surface area contributed by atoms with E-state index in [9.17, 15) is 9.18 Å². The van der Waals surface area contributed by atoms with E-state index >= 15 is 0 Å². The Bertz CT molecular complexity index is 933. The molecule has 1 aromatic carbocycles. The second-order valence-electron chi connectivity index (χ2n) is 8.50. The molecule has 31 heavy (non-hydrogen) atoms. The molecule has 2 aromatic rings. The highest BCUT2D eigenvalue weighted by molar-refractivity contribution is 5.89. The summed E-state index contributed by atoms with van der Waals surface area (Å²) in [4.78, 5) is 22.1. The van der Waals surface area contributed by atoms with Crippen molar-refractivity contribution in [2.75, 3.05) is 24.7 Å². The molecule has 1 aromatic heterocycles. The van der Waals surface area contributed by atoms with Crippen LogP contribution in [0.4, 0.5) is 15.0 Å². The van der Waals surface area contributed by atoms with E-state index in [-0.39, 0.29) is 36.4 Å². The average molecular weight is 429 g/mol. The number of hydrogen-bond donors (Lipinski definition) is 0. The number of benzene rings is 1. The van der Waals surface area contributed by atoms with Gasteiger partial charge >= 0.3 is 6.09 Å². The van der Waals surface area contributed by atoms with Crippen LogP contribution in [-0.4, -0.2) is 48.0 Å². The molecule has 2 aliphatic heterocycles. The third-order valence-electron chi connectivity index (χ3n) is 5.79. The Labute approximate surface area is 181 Å². The van der Waals surface area contributed by atoms with E-state index in [0.29, 0.717) is 18.9 Å². The molecule has 0 radical (unpaired) electrons. The summed E-state index contributed by atoms with van der Waals surface area (Å²) in [5.74, 6) is 0.817. The summed E-state index contributed by atoms with van der Waals surface area (Å²) in [6.07, 6.45) is 2.03. The number of cyclic esters (lactones) is 1. The highest BCUT2D eigenvalue weighted by atomic mass is 19.1. The first-order chi connectivity index (χ1) is 14.9. The molecule has 0 saturated carbocycles. The predicted octanol–water partition coefficient (Wildman–Crippen LogP) is 4.11. The van der Waals surface area contributed by atoms with Crippen molar-refractivity contribution in [3.63, 3.8) is 0 Å². The Morgan fingerprint density at radius 2 is 2.13 bits per heavy atom. The maximum atomic E-state index is 14.5. The van der Waals surface area contributed by atoms with E-state index < -0.39 is 11.9 Å². The van der Waals surface area contributed by atoms with Crippen LogP contribution in [0.15, 0.2) is 30.5 Å². The monoisotopic (exact) mass is 429 g/mol. The fraction of sp³-hybridized carbons (Fsp3) is 0.522. The van der Waals surface area contributed by atoms with Crippen molar-refractivity contribution in [1.82, 2.24) is 9.97 Å². The number of carbonyl (C=O) groups excluding carboxylic acids is 1. The largest absolute Gasteiger partial charge is 0.488 e. The summed E-state index contributed by atoms with van der Waals surface area (Å²) < 4.78 is 31.1. The molecular formula is C23H28FN3O4. The number of rotatable bonds is 7. The van der Waals surface area contributed by atoms with E-state index in [2.05, 4.69) is 16.9 Å². The fourth-order valence-electron chi connectivity index (χ4n) is 3.92. The molecule has 0 aliphatic carbocycles. The smallest absolute Gasteiger partial charge is 0.416 e. The minimum atomic E-state index is -0.630. The van der Waals surface area contributed by atoms with Gasteiger partial charge in [0.2, 0.25) is 0 Å². The van der Waals surface area contributed by atoms with Crippen LogP contribution < -0.4 is 9.64 Å². The second kappa shape index (κ2) is 9.18. The number of amides is 1. The Morgan fingerprint density at radius 1 is 1.29 bits per heavy atom. The quantitative estimate of drug-likeness (QED) is 0.660. The molecule has 0 unspecified atom stereocenters. The van der Waals surface area contributed by atoms with Gasteiger partial charge in [-0.05, 0) is 29.5 Å². The van der Waals surface area contributed by atoms with Crippen LogP contribution in [-0.2, 0) is 15.9 Å². The van der Waals surface area contributed by atoms with Gasteiger partial charge in [-0.25, -0.2) is 19.2 Å². The number of aromatic nitrogens is 2. The molecule has 1 amide bonds. The van der Waals surface area contributed by atoms with Gasteiger partial charge in [0, 0.05) is 12.8 Å². The standard InChI is InChI=1S/C23H28FN3O4/c1-14(2)20-13-30-23(28)27(20)22-19(24)11-25-21(26-22)9-15(3)16-5-4-6-17(10-16)31-18-7-8-29-12-18/h4-6,10-11,14-15,18,20H,7-9,12-13H2,1-3H3/t15-,18+,20-/m1/s1. The molecule has 4 rings (SSSR count). The van der Waals surface area contributed by atoms with Crippen molar-refractivity contribution in [2.24, 2.45) is 5.92 Å². The maximum Gasteiger partial charge on any atom is 0.416 e. The summed E-state index contributed by atoms with van der Waals surface area (Å²) in [5, 5.41) is 0. The Kier molecular flexibility index (Phi) is 6.36. The normalized spacial score (nSPS) is 22.1. The number of nitrogens with zero attached hydrogens (tertiary/aromatic N) is 3. The molecule has 166 valence electrons. The van der Waals surface area contributed by atoms with Gasteiger partial charge in [0.15, 0.2) is 11.6 Å². The van der Waals surface area contributed by atoms with Crippen LogP contribution in [0.25, 0.3) is 0 Å². The third-order valence-corrected chi connectivity index (χ3v) is 5.79. The molecule has 2 saturated heterocycles. The molecule has 2 fully saturated rings. The average Bonchev–Trinajstić information content (AvgIpc) is 3.39. The molecular weight excluding hydrogens is 401 g/mol. The van der Waals surface area contributed by atoms with E-state index in [0.717, 1.165) is 30.5 Å². The van der Waals surface area contributed by atoms with Crippen LogP contribution in [0.3, 0.4) is 0 Å². The zero-order valence-electron chi connectivity index (χ0n) is 18.1. The Morgan fingerprint density at radius 3 is 2.87 bits per heavy atom. The van der Waals surface area contributed by atoms with Crippen LogP contribution in [0.5, 0.6) is 5.75 Å². The number of carbonyl (C=O) groups is 1. The minimum Gasteiger partial charge on any atom is -0.488 e. The second-order valence-corrected chi connectivity index (χ2v) is 8.50. The van der Waals surface area contributed by atoms with Gasteiger partial charge in [-0.2, -0.15) is 0 Å². The highest BCUT2D eigenvalue weighted by Crippen LogP contribution is 2.29. The van der Waals surface area contributed by atoms with Gasteiger partial charge in [0.1, 0.15) is 24.3 Å². The SMILES string of the molecule is CC(C)[C@H]1COC(=O)N1c1nc(C[C@@H](C)c2cccc(O[C@H]3CCOC3)c2)ncc1F. The molecule has 0 bridgehead atoms. The molecule has 3 atom stereocenters. The van der Waals surface area contributed by atoms with Crippen LogP contribution in [0.2, 0.25) is 0 Å². The number of ether oxygens (including phenoxy) is 3. The van der Waals surface area contributed by atoms with Gasteiger partial charge in [-0.1, -0.05) is 32.9 Å². The molecule has 0 spiro atoms. The van der Waals surface area contributed by atoms with Gasteiger partial charge in [-0.15, -0.1) is 0 Å². The van der Waals surface area contributed by atoms with Gasteiger partial charge in [-0.3, -0.25) is 4.90 Å². The molecule has 7 nitrogen and oxygen atoms in total. The van der Waals surface area contributed by atoms with Crippen molar-refractivity contribution in [1.29, 1.82) is 0 Å². The molecule has 3 heterocycles. The highest BCUT2D eigenvalue weighted by Gasteiger charge is 2.38. The van der Waals surface area contributed by atoms with E-state index in [1.807, 2.05) is 38.1 Å². The fourth-order valence-corrected chi connectivity index (χ4v) is 3.92. The Hall–Kier alpha value is -2.74. The topological polar surface area (TPSA) is 73.8 Å². The summed E-state index contributed by atoms with van der Waals surface area (Å²) in [6, 6.07) is 7.68. The van der Waals surface area contributed by atoms with Crippen LogP contribution in [0, 0.1) is 11.7 Å². The lowest BCUT2D eigenvalue weighted by Gasteiger charge is -2.24. The molecule has 0 N–H and O–H groups in total. The maximum absolute atomic E-state index is 14.5. The first kappa shape index (κ1) is 21.5. The number of halogens is 1. The summed E-state index contributed by atoms with van der Waals surface area (Å²) in [6.45, 7) is 7.56. The molecule has 8 heteroatoms. The van der Waals surface area contributed by atoms with Crippen molar-refractivity contribution in [2.45, 2.75) is 51.7 Å². The van der Waals surface area contributed by atoms with Crippen molar-refractivity contribution >= 4 is 11.9 Å². The first-order valence-electron chi connectivity index (χ1n) is 10.7. The van der Waals surface area contributed by atoms with Crippen LogP contribution in [0.1, 0.15) is 44.5 Å². The van der Waals surface area contributed by atoms with Gasteiger partial charge in [0.25, 0.3) is 0 Å². The lowest BCUT2D eigenvalue weighted by atomic mass is 9.97. The summed E-state index contributed by atoms with van der Waals surface area (Å²) in [7, 11) is 0. The van der Waals surface area contributed by atoms with Crippen LogP contribution >= 0.6 is 0 Å². The lowest BCUT2D eigenvalue weighted by molar-refractivity contribution is 0.141. The summed E-state index contributed by atoms with van der Waals surface area (Å²) in [5.41, 5.74) is 1.08. The van der Waals surface area contributed by atoms with Gasteiger partial charge < -0.3 is 14.2 Å². The minimum absolute atomic E-state index is 0.0169. The van der Waals surface area contributed by atoms with Crippen molar-refractivity contribution < 1.29 is 23.4 Å². The van der Waals surface area contributed by atoms with Crippen molar-refractivity contribution in [3.8, 4) is 5.75 Å². The van der Waals surface area contributed by atoms with E-state index in [1.54, 1.807) is 0 Å². The Balaban J connectivity index is 1.50. The zero-order valence-corrected chi connectivity index (χ0v) is 18.1. The third kappa shape index (κ3) is 4.79. The van der Waals surface area contributed by atoms with Gasteiger partial charge in [0.05, 0.1) is 25.5 Å². The molecule has 2 aliphatic rings. The predicted molar refractivity (Wildman–Crippen MR) is 113 cm³/mol. The number of hydrogen-bond acceptors (Lipinski definition) is 6. The van der Waals surface area contributed by atoms with Crippen molar-refractivity contribution in [3.05, 3.63) is 47.7 Å². The number of anilines is 1.